The summed E-state index contributed by atoms with van der Waals surface area (Å²) in [5.41, 5.74) is 1.42. The van der Waals surface area contributed by atoms with Crippen molar-refractivity contribution >= 4 is 29.0 Å². The van der Waals surface area contributed by atoms with Gasteiger partial charge in [0.25, 0.3) is 0 Å². The van der Waals surface area contributed by atoms with E-state index in [4.69, 9.17) is 11.6 Å². The first-order chi connectivity index (χ1) is 7.11. The van der Waals surface area contributed by atoms with Gasteiger partial charge in [0.05, 0.1) is 5.02 Å². The van der Waals surface area contributed by atoms with Crippen LogP contribution >= 0.6 is 22.9 Å². The van der Waals surface area contributed by atoms with Crippen molar-refractivity contribution in [2.24, 2.45) is 0 Å². The van der Waals surface area contributed by atoms with E-state index >= 15 is 0 Å². The van der Waals surface area contributed by atoms with E-state index in [9.17, 15) is 0 Å². The Morgan fingerprint density at radius 3 is 2.80 bits per heavy atom. The number of hydrogen-bond acceptors (Lipinski definition) is 2. The molecule has 3 heteroatoms. The molecule has 1 aromatic rings. The molecule has 0 atom stereocenters. The van der Waals surface area contributed by atoms with E-state index in [0.717, 1.165) is 18.0 Å². The van der Waals surface area contributed by atoms with Crippen LogP contribution < -0.4 is 5.32 Å². The van der Waals surface area contributed by atoms with Crippen LogP contribution in [0.15, 0.2) is 17.0 Å². The number of rotatable bonds is 5. The Hall–Kier alpha value is -0.310. The first-order valence-corrected chi connectivity index (χ1v) is 6.54. The fourth-order valence-electron chi connectivity index (χ4n) is 1.22. The molecular formula is C12H18ClNS. The lowest BCUT2D eigenvalue weighted by atomic mass is 10.1. The summed E-state index contributed by atoms with van der Waals surface area (Å²) in [7, 11) is 0. The average molecular weight is 244 g/mol. The van der Waals surface area contributed by atoms with Crippen molar-refractivity contribution in [3.8, 4) is 0 Å². The molecule has 0 aliphatic heterocycles. The van der Waals surface area contributed by atoms with Crippen molar-refractivity contribution in [1.82, 2.24) is 5.32 Å². The molecule has 1 aromatic heterocycles. The number of halogens is 1. The summed E-state index contributed by atoms with van der Waals surface area (Å²) in [6.45, 7) is 7.47. The quantitative estimate of drug-likeness (QED) is 0.818. The molecule has 0 saturated heterocycles. The molecule has 0 aliphatic rings. The molecule has 0 fully saturated rings. The Morgan fingerprint density at radius 1 is 1.60 bits per heavy atom. The van der Waals surface area contributed by atoms with Gasteiger partial charge in [-0.3, -0.25) is 0 Å². The summed E-state index contributed by atoms with van der Waals surface area (Å²) in [6.07, 6.45) is 3.31. The molecule has 0 aliphatic carbocycles. The molecule has 0 spiro atoms. The lowest BCUT2D eigenvalue weighted by molar-refractivity contribution is 0.617. The second kappa shape index (κ2) is 6.31. The van der Waals surface area contributed by atoms with Crippen molar-refractivity contribution in [2.45, 2.75) is 33.2 Å². The fraction of sp³-hybridized carbons (Fsp3) is 0.500. The maximum Gasteiger partial charge on any atom is 0.0519 e. The van der Waals surface area contributed by atoms with Gasteiger partial charge in [-0.15, -0.1) is 11.3 Å². The molecular weight excluding hydrogens is 226 g/mol. The second-order valence-corrected chi connectivity index (χ2v) is 5.24. The van der Waals surface area contributed by atoms with Crippen LogP contribution in [0.1, 0.15) is 32.1 Å². The predicted molar refractivity (Wildman–Crippen MR) is 70.7 cm³/mol. The van der Waals surface area contributed by atoms with Crippen LogP contribution in [-0.4, -0.2) is 12.6 Å². The highest BCUT2D eigenvalue weighted by Gasteiger charge is 1.99. The van der Waals surface area contributed by atoms with Gasteiger partial charge >= 0.3 is 0 Å². The maximum absolute atomic E-state index is 5.88. The first kappa shape index (κ1) is 12.8. The largest absolute Gasteiger partial charge is 0.311 e. The van der Waals surface area contributed by atoms with Gasteiger partial charge in [0.15, 0.2) is 0 Å². The summed E-state index contributed by atoms with van der Waals surface area (Å²) < 4.78 is 0. The molecule has 84 valence electrons. The SMILES string of the molecule is CCC(=Cc1cc(Cl)cs1)CNC(C)C. The van der Waals surface area contributed by atoms with Crippen molar-refractivity contribution < 1.29 is 0 Å². The van der Waals surface area contributed by atoms with E-state index in [2.05, 4.69) is 32.2 Å². The molecule has 0 saturated carbocycles. The van der Waals surface area contributed by atoms with Crippen LogP contribution in [0.2, 0.25) is 5.02 Å². The third-order valence-corrected chi connectivity index (χ3v) is 3.35. The highest BCUT2D eigenvalue weighted by atomic mass is 35.5. The van der Waals surface area contributed by atoms with Gasteiger partial charge in [0.1, 0.15) is 0 Å². The molecule has 1 nitrogen and oxygen atoms in total. The van der Waals surface area contributed by atoms with Gasteiger partial charge in [0.2, 0.25) is 0 Å². The van der Waals surface area contributed by atoms with E-state index in [1.54, 1.807) is 11.3 Å². The summed E-state index contributed by atoms with van der Waals surface area (Å²) >= 11 is 7.57. The summed E-state index contributed by atoms with van der Waals surface area (Å²) in [5, 5.41) is 6.23. The Balaban J connectivity index is 2.61. The highest BCUT2D eigenvalue weighted by Crippen LogP contribution is 2.22. The molecule has 1 rings (SSSR count). The van der Waals surface area contributed by atoms with Crippen LogP contribution in [0.4, 0.5) is 0 Å². The van der Waals surface area contributed by atoms with Gasteiger partial charge in [-0.05, 0) is 18.6 Å². The van der Waals surface area contributed by atoms with Crippen LogP contribution in [0, 0.1) is 0 Å². The lowest BCUT2D eigenvalue weighted by Gasteiger charge is -2.09. The van der Waals surface area contributed by atoms with E-state index in [-0.39, 0.29) is 0 Å². The van der Waals surface area contributed by atoms with Crippen LogP contribution in [0.25, 0.3) is 6.08 Å². The van der Waals surface area contributed by atoms with Gasteiger partial charge in [0, 0.05) is 22.8 Å². The van der Waals surface area contributed by atoms with Crippen molar-refractivity contribution in [3.63, 3.8) is 0 Å². The van der Waals surface area contributed by atoms with Gasteiger partial charge in [-0.25, -0.2) is 0 Å². The highest BCUT2D eigenvalue weighted by molar-refractivity contribution is 7.11. The number of nitrogens with one attached hydrogen (secondary N) is 1. The van der Waals surface area contributed by atoms with Gasteiger partial charge in [-0.1, -0.05) is 37.9 Å². The lowest BCUT2D eigenvalue weighted by Crippen LogP contribution is -2.24. The molecule has 1 N–H and O–H groups in total. The van der Waals surface area contributed by atoms with E-state index < -0.39 is 0 Å². The molecule has 0 unspecified atom stereocenters. The third kappa shape index (κ3) is 4.83. The number of hydrogen-bond donors (Lipinski definition) is 1. The predicted octanol–water partition coefficient (Wildman–Crippen LogP) is 4.19. The fourth-order valence-corrected chi connectivity index (χ4v) is 2.28. The Bertz CT molecular complexity index is 328. The monoisotopic (exact) mass is 243 g/mol. The Kier molecular flexibility index (Phi) is 5.37. The zero-order valence-electron chi connectivity index (χ0n) is 9.51. The van der Waals surface area contributed by atoms with Gasteiger partial charge < -0.3 is 5.32 Å². The number of thiophene rings is 1. The second-order valence-electron chi connectivity index (χ2n) is 3.86. The normalized spacial score (nSPS) is 12.5. The molecule has 0 radical (unpaired) electrons. The molecule has 0 amide bonds. The minimum atomic E-state index is 0.534. The first-order valence-electron chi connectivity index (χ1n) is 5.28. The van der Waals surface area contributed by atoms with Crippen LogP contribution in [0.5, 0.6) is 0 Å². The van der Waals surface area contributed by atoms with E-state index in [1.807, 2.05) is 11.4 Å². The molecule has 0 aromatic carbocycles. The van der Waals surface area contributed by atoms with Crippen LogP contribution in [-0.2, 0) is 0 Å². The van der Waals surface area contributed by atoms with E-state index in [1.165, 1.54) is 10.5 Å². The van der Waals surface area contributed by atoms with E-state index in [0.29, 0.717) is 6.04 Å². The standard InChI is InChI=1S/C12H18ClNS/c1-4-10(7-14-9(2)3)5-12-6-11(13)8-15-12/h5-6,8-9,14H,4,7H2,1-3H3. The smallest absolute Gasteiger partial charge is 0.0519 e. The Morgan fingerprint density at radius 2 is 2.33 bits per heavy atom. The van der Waals surface area contributed by atoms with Crippen molar-refractivity contribution in [2.75, 3.05) is 6.54 Å². The Labute approximate surface area is 101 Å². The summed E-state index contributed by atoms with van der Waals surface area (Å²) in [4.78, 5) is 1.24. The zero-order chi connectivity index (χ0) is 11.3. The third-order valence-electron chi connectivity index (χ3n) is 2.13. The molecule has 1 heterocycles. The minimum absolute atomic E-state index is 0.534. The van der Waals surface area contributed by atoms with Crippen LogP contribution in [0.3, 0.4) is 0 Å². The topological polar surface area (TPSA) is 12.0 Å². The van der Waals surface area contributed by atoms with Crippen molar-refractivity contribution in [1.29, 1.82) is 0 Å². The summed E-state index contributed by atoms with van der Waals surface area (Å²) in [5.74, 6) is 0. The zero-order valence-corrected chi connectivity index (χ0v) is 11.1. The van der Waals surface area contributed by atoms with Gasteiger partial charge in [-0.2, -0.15) is 0 Å². The minimum Gasteiger partial charge on any atom is -0.311 e. The molecule has 15 heavy (non-hydrogen) atoms. The van der Waals surface area contributed by atoms with Crippen molar-refractivity contribution in [3.05, 3.63) is 26.9 Å². The average Bonchev–Trinajstić information content (AvgIpc) is 2.58. The summed E-state index contributed by atoms with van der Waals surface area (Å²) in [6, 6.07) is 2.55. The molecule has 0 bridgehead atoms. The maximum atomic E-state index is 5.88.